The third-order valence-corrected chi connectivity index (χ3v) is 3.81. The highest BCUT2D eigenvalue weighted by Gasteiger charge is 2.30. The maximum atomic E-state index is 12.2. The quantitative estimate of drug-likeness (QED) is 0.679. The lowest BCUT2D eigenvalue weighted by atomic mass is 9.81. The number of anilines is 2. The molecule has 5 N–H and O–H groups in total. The van der Waals surface area contributed by atoms with Crippen molar-refractivity contribution in [3.8, 4) is 0 Å². The molecule has 0 aliphatic heterocycles. The lowest BCUT2D eigenvalue weighted by molar-refractivity contribution is -0.143. The van der Waals surface area contributed by atoms with Crippen LogP contribution in [0.25, 0.3) is 0 Å². The lowest BCUT2D eigenvalue weighted by Gasteiger charge is -2.25. The van der Waals surface area contributed by atoms with Crippen molar-refractivity contribution in [2.45, 2.75) is 25.7 Å². The Labute approximate surface area is 127 Å². The molecule has 2 atom stereocenters. The number of carbonyl (C=O) groups is 3. The maximum Gasteiger partial charge on any atom is 0.316 e. The summed E-state index contributed by atoms with van der Waals surface area (Å²) in [5.74, 6) is -1.72. The Morgan fingerprint density at radius 2 is 1.55 bits per heavy atom. The number of rotatable bonds is 4. The second-order valence-electron chi connectivity index (χ2n) is 5.45. The first-order valence-corrected chi connectivity index (χ1v) is 7.16. The molecule has 0 saturated heterocycles. The van der Waals surface area contributed by atoms with Crippen LogP contribution in [0.3, 0.4) is 0 Å². The van der Waals surface area contributed by atoms with E-state index in [0.29, 0.717) is 30.6 Å². The van der Waals surface area contributed by atoms with E-state index in [1.165, 1.54) is 0 Å². The van der Waals surface area contributed by atoms with Crippen LogP contribution in [0.5, 0.6) is 0 Å². The van der Waals surface area contributed by atoms with E-state index in [9.17, 15) is 14.4 Å². The average Bonchev–Trinajstić information content (AvgIpc) is 2.49. The van der Waals surface area contributed by atoms with E-state index in [4.69, 9.17) is 10.8 Å². The highest BCUT2D eigenvalue weighted by molar-refractivity contribution is 5.93. The van der Waals surface area contributed by atoms with Gasteiger partial charge in [-0.3, -0.25) is 9.59 Å². The molecule has 0 bridgehead atoms. The van der Waals surface area contributed by atoms with E-state index in [-0.39, 0.29) is 11.8 Å². The van der Waals surface area contributed by atoms with Crippen LogP contribution in [0, 0.1) is 11.8 Å². The Morgan fingerprint density at radius 1 is 1.00 bits per heavy atom. The van der Waals surface area contributed by atoms with Gasteiger partial charge in [-0.1, -0.05) is 6.42 Å². The van der Waals surface area contributed by atoms with Gasteiger partial charge in [0.2, 0.25) is 5.91 Å². The number of carboxylic acid groups (broad SMARTS) is 1. The molecule has 0 aromatic heterocycles. The second kappa shape index (κ2) is 6.93. The minimum atomic E-state index is -0.834. The van der Waals surface area contributed by atoms with E-state index < -0.39 is 17.9 Å². The monoisotopic (exact) mass is 305 g/mol. The van der Waals surface area contributed by atoms with E-state index in [0.717, 1.165) is 6.42 Å². The number of hydrogen-bond donors (Lipinski definition) is 4. The smallest absolute Gasteiger partial charge is 0.316 e. The molecule has 1 aromatic carbocycles. The third-order valence-electron chi connectivity index (χ3n) is 3.81. The van der Waals surface area contributed by atoms with E-state index in [1.807, 2.05) is 0 Å². The highest BCUT2D eigenvalue weighted by atomic mass is 16.4. The van der Waals surface area contributed by atoms with Crippen LogP contribution in [0.4, 0.5) is 16.2 Å². The molecule has 118 valence electrons. The number of hydrogen-bond acceptors (Lipinski definition) is 3. The summed E-state index contributed by atoms with van der Waals surface area (Å²) >= 11 is 0. The zero-order valence-corrected chi connectivity index (χ0v) is 12.0. The number of urea groups is 1. The summed E-state index contributed by atoms with van der Waals surface area (Å²) in [6, 6.07) is 5.91. The average molecular weight is 305 g/mol. The van der Waals surface area contributed by atoms with Crippen LogP contribution < -0.4 is 16.4 Å². The molecule has 22 heavy (non-hydrogen) atoms. The van der Waals surface area contributed by atoms with Gasteiger partial charge < -0.3 is 21.5 Å². The Balaban J connectivity index is 1.93. The Kier molecular flexibility index (Phi) is 4.98. The summed E-state index contributed by atoms with van der Waals surface area (Å²) in [5.41, 5.74) is 6.14. The van der Waals surface area contributed by atoms with Crippen molar-refractivity contribution in [1.82, 2.24) is 0 Å². The minimum absolute atomic E-state index is 0.165. The fourth-order valence-corrected chi connectivity index (χ4v) is 2.68. The second-order valence-corrected chi connectivity index (χ2v) is 5.45. The van der Waals surface area contributed by atoms with Crippen molar-refractivity contribution >= 4 is 29.3 Å². The van der Waals surface area contributed by atoms with Crippen LogP contribution >= 0.6 is 0 Å². The van der Waals surface area contributed by atoms with Crippen LogP contribution in [0.15, 0.2) is 24.3 Å². The van der Waals surface area contributed by atoms with Crippen molar-refractivity contribution in [1.29, 1.82) is 0 Å². The van der Waals surface area contributed by atoms with E-state index >= 15 is 0 Å². The van der Waals surface area contributed by atoms with Gasteiger partial charge in [-0.25, -0.2) is 4.79 Å². The van der Waals surface area contributed by atoms with Crippen molar-refractivity contribution in [2.24, 2.45) is 17.6 Å². The zero-order valence-electron chi connectivity index (χ0n) is 12.0. The van der Waals surface area contributed by atoms with Gasteiger partial charge in [0.05, 0.1) is 5.92 Å². The molecule has 2 rings (SSSR count). The molecule has 0 spiro atoms. The number of primary amides is 1. The standard InChI is InChI=1S/C15H19N3O4/c16-15(22)18-12-6-4-11(5-7-12)17-13(19)9-2-1-3-10(8-9)14(20)21/h4-7,9-10H,1-3,8H2,(H,17,19)(H,20,21)(H3,16,18,22). The van der Waals surface area contributed by atoms with Crippen LogP contribution in [-0.4, -0.2) is 23.0 Å². The van der Waals surface area contributed by atoms with Gasteiger partial charge in [0.25, 0.3) is 0 Å². The largest absolute Gasteiger partial charge is 0.481 e. The molecule has 3 amide bonds. The molecular weight excluding hydrogens is 286 g/mol. The third kappa shape index (κ3) is 4.21. The number of carbonyl (C=O) groups excluding carboxylic acids is 2. The number of aliphatic carboxylic acids is 1. The van der Waals surface area contributed by atoms with Gasteiger partial charge in [-0.15, -0.1) is 0 Å². The molecule has 1 aliphatic carbocycles. The molecule has 2 unspecified atom stereocenters. The van der Waals surface area contributed by atoms with Crippen LogP contribution in [-0.2, 0) is 9.59 Å². The van der Waals surface area contributed by atoms with E-state index in [1.54, 1.807) is 24.3 Å². The normalized spacial score (nSPS) is 20.9. The predicted molar refractivity (Wildman–Crippen MR) is 81.4 cm³/mol. The van der Waals surface area contributed by atoms with Gasteiger partial charge in [-0.2, -0.15) is 0 Å². The topological polar surface area (TPSA) is 122 Å². The van der Waals surface area contributed by atoms with Gasteiger partial charge in [-0.05, 0) is 43.5 Å². The molecule has 7 nitrogen and oxygen atoms in total. The first-order chi connectivity index (χ1) is 10.5. The highest BCUT2D eigenvalue weighted by Crippen LogP contribution is 2.30. The number of nitrogens with one attached hydrogen (secondary N) is 2. The predicted octanol–water partition coefficient (Wildman–Crippen LogP) is 2.01. The molecule has 1 fully saturated rings. The van der Waals surface area contributed by atoms with Gasteiger partial charge >= 0.3 is 12.0 Å². The molecule has 1 aromatic rings. The first kappa shape index (κ1) is 15.8. The summed E-state index contributed by atoms with van der Waals surface area (Å²) in [4.78, 5) is 34.0. The van der Waals surface area contributed by atoms with Crippen molar-refractivity contribution in [2.75, 3.05) is 10.6 Å². The summed E-state index contributed by atoms with van der Waals surface area (Å²) in [7, 11) is 0. The Morgan fingerprint density at radius 3 is 2.09 bits per heavy atom. The Hall–Kier alpha value is -2.57. The SMILES string of the molecule is NC(=O)Nc1ccc(NC(=O)C2CCCC(C(=O)O)C2)cc1. The molecule has 0 radical (unpaired) electrons. The summed E-state index contributed by atoms with van der Waals surface area (Å²) < 4.78 is 0. The first-order valence-electron chi connectivity index (χ1n) is 7.16. The number of amides is 3. The van der Waals surface area contributed by atoms with Crippen molar-refractivity contribution in [3.63, 3.8) is 0 Å². The molecule has 1 saturated carbocycles. The molecule has 7 heteroatoms. The minimum Gasteiger partial charge on any atom is -0.481 e. The fraction of sp³-hybridized carbons (Fsp3) is 0.400. The lowest BCUT2D eigenvalue weighted by Crippen LogP contribution is -2.30. The van der Waals surface area contributed by atoms with Gasteiger partial charge in [0.15, 0.2) is 0 Å². The fourth-order valence-electron chi connectivity index (χ4n) is 2.68. The zero-order chi connectivity index (χ0) is 16.1. The van der Waals surface area contributed by atoms with Crippen LogP contribution in [0.1, 0.15) is 25.7 Å². The van der Waals surface area contributed by atoms with Gasteiger partial charge in [0.1, 0.15) is 0 Å². The summed E-state index contributed by atoms with van der Waals surface area (Å²) in [5, 5.41) is 14.3. The number of benzene rings is 1. The Bertz CT molecular complexity index is 571. The molecular formula is C15H19N3O4. The maximum absolute atomic E-state index is 12.2. The molecule has 0 heterocycles. The number of carboxylic acids is 1. The number of nitrogens with two attached hydrogens (primary N) is 1. The molecule has 1 aliphatic rings. The van der Waals surface area contributed by atoms with Crippen molar-refractivity contribution < 1.29 is 19.5 Å². The summed E-state index contributed by atoms with van der Waals surface area (Å²) in [6.45, 7) is 0. The van der Waals surface area contributed by atoms with E-state index in [2.05, 4.69) is 10.6 Å². The van der Waals surface area contributed by atoms with Crippen LogP contribution in [0.2, 0.25) is 0 Å². The van der Waals surface area contributed by atoms with Crippen molar-refractivity contribution in [3.05, 3.63) is 24.3 Å². The summed E-state index contributed by atoms with van der Waals surface area (Å²) in [6.07, 6.45) is 2.46. The van der Waals surface area contributed by atoms with Gasteiger partial charge in [0, 0.05) is 17.3 Å².